The van der Waals surface area contributed by atoms with Gasteiger partial charge in [-0.1, -0.05) is 78.7 Å². The molecule has 10 heteroatoms. The number of benzene rings is 3. The maximum absolute atomic E-state index is 13.9. The zero-order valence-electron chi connectivity index (χ0n) is 23.6. The molecule has 1 atom stereocenters. The second-order valence-corrected chi connectivity index (χ2v) is 12.8. The quantitative estimate of drug-likeness (QED) is 0.240. The molecule has 0 saturated heterocycles. The van der Waals surface area contributed by atoms with Crippen molar-refractivity contribution in [2.45, 2.75) is 52.1 Å². The number of aryl methyl sites for hydroxylation is 1. The summed E-state index contributed by atoms with van der Waals surface area (Å²) in [6.45, 7) is 4.61. The maximum atomic E-state index is 13.9. The molecule has 2 amide bonds. The molecule has 3 rings (SSSR count). The molecule has 41 heavy (non-hydrogen) atoms. The highest BCUT2D eigenvalue weighted by Gasteiger charge is 2.30. The molecule has 0 saturated carbocycles. The van der Waals surface area contributed by atoms with Crippen molar-refractivity contribution in [2.24, 2.45) is 0 Å². The minimum Gasteiger partial charge on any atom is -0.354 e. The van der Waals surface area contributed by atoms with Gasteiger partial charge in [-0.15, -0.1) is 0 Å². The average Bonchev–Trinajstić information content (AvgIpc) is 2.93. The summed E-state index contributed by atoms with van der Waals surface area (Å²) in [5.41, 5.74) is 3.13. The second kappa shape index (κ2) is 15.2. The Morgan fingerprint density at radius 3 is 2.29 bits per heavy atom. The molecule has 0 aliphatic rings. The molecule has 220 valence electrons. The van der Waals surface area contributed by atoms with E-state index in [0.717, 1.165) is 29.4 Å². The fraction of sp³-hybridized carbons (Fsp3) is 0.355. The van der Waals surface area contributed by atoms with Gasteiger partial charge in [-0.2, -0.15) is 0 Å². The molecule has 1 N–H and O–H groups in total. The number of nitrogens with one attached hydrogen (secondary N) is 1. The minimum atomic E-state index is -3.57. The lowest BCUT2D eigenvalue weighted by molar-refractivity contribution is -0.141. The summed E-state index contributed by atoms with van der Waals surface area (Å²) in [6.07, 6.45) is 2.55. The first-order chi connectivity index (χ1) is 19.5. The van der Waals surface area contributed by atoms with Crippen molar-refractivity contribution >= 4 is 50.7 Å². The van der Waals surface area contributed by atoms with Crippen molar-refractivity contribution in [1.29, 1.82) is 0 Å². The van der Waals surface area contributed by atoms with Gasteiger partial charge in [0.25, 0.3) is 0 Å². The van der Waals surface area contributed by atoms with E-state index in [4.69, 9.17) is 23.2 Å². The van der Waals surface area contributed by atoms with Crippen molar-refractivity contribution in [2.75, 3.05) is 23.7 Å². The van der Waals surface area contributed by atoms with E-state index in [0.29, 0.717) is 28.7 Å². The van der Waals surface area contributed by atoms with Crippen LogP contribution in [0.5, 0.6) is 0 Å². The van der Waals surface area contributed by atoms with Crippen LogP contribution in [0.4, 0.5) is 5.69 Å². The number of halogens is 2. The van der Waals surface area contributed by atoms with E-state index < -0.39 is 16.1 Å². The van der Waals surface area contributed by atoms with Crippen molar-refractivity contribution in [3.05, 3.63) is 99.5 Å². The first-order valence-corrected chi connectivity index (χ1v) is 16.2. The maximum Gasteiger partial charge on any atom is 0.243 e. The Morgan fingerprint density at radius 2 is 1.66 bits per heavy atom. The topological polar surface area (TPSA) is 86.8 Å². The predicted octanol–water partition coefficient (Wildman–Crippen LogP) is 6.01. The highest BCUT2D eigenvalue weighted by atomic mass is 35.5. The highest BCUT2D eigenvalue weighted by Crippen LogP contribution is 2.25. The Hall–Kier alpha value is -3.07. The number of hydrogen-bond acceptors (Lipinski definition) is 4. The largest absolute Gasteiger partial charge is 0.354 e. The van der Waals surface area contributed by atoms with E-state index in [1.54, 1.807) is 41.3 Å². The van der Waals surface area contributed by atoms with E-state index in [9.17, 15) is 18.0 Å². The number of nitrogens with zero attached hydrogens (tertiary/aromatic N) is 2. The van der Waals surface area contributed by atoms with Crippen LogP contribution in [-0.4, -0.2) is 50.5 Å². The van der Waals surface area contributed by atoms with Gasteiger partial charge in [0.15, 0.2) is 0 Å². The average molecular weight is 619 g/mol. The third-order valence-electron chi connectivity index (χ3n) is 6.60. The van der Waals surface area contributed by atoms with Crippen LogP contribution in [-0.2, 0) is 32.6 Å². The first kappa shape index (κ1) is 32.4. The monoisotopic (exact) mass is 617 g/mol. The molecule has 0 heterocycles. The Morgan fingerprint density at radius 1 is 0.927 bits per heavy atom. The SMILES string of the molecule is CCCNC(=O)C(Cc1ccccc1)N(Cc1ccc(Cl)c(Cl)c1)C(=O)CCCN(c1cccc(C)c1)S(C)(=O)=O. The number of carbonyl (C=O) groups is 2. The Balaban J connectivity index is 1.89. The fourth-order valence-electron chi connectivity index (χ4n) is 4.54. The molecule has 3 aromatic rings. The van der Waals surface area contributed by atoms with Crippen LogP contribution in [0.3, 0.4) is 0 Å². The number of sulfonamides is 1. The molecule has 0 fully saturated rings. The zero-order chi connectivity index (χ0) is 30.0. The van der Waals surface area contributed by atoms with Gasteiger partial charge in [0.1, 0.15) is 6.04 Å². The van der Waals surface area contributed by atoms with Crippen LogP contribution in [0, 0.1) is 6.92 Å². The lowest BCUT2D eigenvalue weighted by Crippen LogP contribution is -2.50. The standard InChI is InChI=1S/C31H37Cl2N3O4S/c1-4-17-34-31(38)29(21-24-11-6-5-7-12-24)35(22-25-15-16-27(32)28(33)20-25)30(37)14-9-18-36(41(3,39)40)26-13-8-10-23(2)19-26/h5-8,10-13,15-16,19-20,29H,4,9,14,17-18,21-22H2,1-3H3,(H,34,38). The lowest BCUT2D eigenvalue weighted by atomic mass is 10.0. The van der Waals surface area contributed by atoms with Crippen LogP contribution in [0.25, 0.3) is 0 Å². The molecule has 0 aliphatic heterocycles. The first-order valence-electron chi connectivity index (χ1n) is 13.6. The Kier molecular flexibility index (Phi) is 12.1. The lowest BCUT2D eigenvalue weighted by Gasteiger charge is -2.32. The van der Waals surface area contributed by atoms with Gasteiger partial charge in [0, 0.05) is 32.5 Å². The van der Waals surface area contributed by atoms with Crippen LogP contribution in [0.15, 0.2) is 72.8 Å². The number of rotatable bonds is 14. The number of anilines is 1. The van der Waals surface area contributed by atoms with E-state index >= 15 is 0 Å². The molecule has 7 nitrogen and oxygen atoms in total. The highest BCUT2D eigenvalue weighted by molar-refractivity contribution is 7.92. The van der Waals surface area contributed by atoms with E-state index in [1.807, 2.05) is 50.2 Å². The van der Waals surface area contributed by atoms with Gasteiger partial charge < -0.3 is 10.2 Å². The molecule has 0 aromatic heterocycles. The molecule has 3 aromatic carbocycles. The summed E-state index contributed by atoms with van der Waals surface area (Å²) in [7, 11) is -3.57. The van der Waals surface area contributed by atoms with Crippen molar-refractivity contribution < 1.29 is 18.0 Å². The van der Waals surface area contributed by atoms with Gasteiger partial charge in [0.2, 0.25) is 21.8 Å². The molecule has 0 bridgehead atoms. The third kappa shape index (κ3) is 9.76. The van der Waals surface area contributed by atoms with Crippen LogP contribution >= 0.6 is 23.2 Å². The van der Waals surface area contributed by atoms with Gasteiger partial charge in [-0.3, -0.25) is 13.9 Å². The fourth-order valence-corrected chi connectivity index (χ4v) is 5.82. The molecule has 0 radical (unpaired) electrons. The summed E-state index contributed by atoms with van der Waals surface area (Å²) in [5, 5.41) is 3.70. The van der Waals surface area contributed by atoms with Crippen molar-refractivity contribution in [3.63, 3.8) is 0 Å². The van der Waals surface area contributed by atoms with Crippen LogP contribution in [0.2, 0.25) is 10.0 Å². The van der Waals surface area contributed by atoms with Gasteiger partial charge in [0.05, 0.1) is 22.0 Å². The minimum absolute atomic E-state index is 0.0471. The summed E-state index contributed by atoms with van der Waals surface area (Å²) in [6, 6.07) is 21.1. The summed E-state index contributed by atoms with van der Waals surface area (Å²) in [5.74, 6) is -0.511. The van der Waals surface area contributed by atoms with Crippen LogP contribution < -0.4 is 9.62 Å². The normalized spacial score (nSPS) is 12.0. The summed E-state index contributed by atoms with van der Waals surface area (Å²) in [4.78, 5) is 28.9. The number of carbonyl (C=O) groups excluding carboxylic acids is 2. The third-order valence-corrected chi connectivity index (χ3v) is 8.53. The van der Waals surface area contributed by atoms with Gasteiger partial charge >= 0.3 is 0 Å². The van der Waals surface area contributed by atoms with Crippen molar-refractivity contribution in [1.82, 2.24) is 10.2 Å². The smallest absolute Gasteiger partial charge is 0.243 e. The number of hydrogen-bond donors (Lipinski definition) is 1. The molecular formula is C31H37Cl2N3O4S. The second-order valence-electron chi connectivity index (χ2n) is 10.0. The van der Waals surface area contributed by atoms with Crippen molar-refractivity contribution in [3.8, 4) is 0 Å². The summed E-state index contributed by atoms with van der Waals surface area (Å²) >= 11 is 12.4. The van der Waals surface area contributed by atoms with E-state index in [-0.39, 0.29) is 37.7 Å². The Bertz CT molecular complexity index is 1430. The van der Waals surface area contributed by atoms with Gasteiger partial charge in [-0.05, 0) is 60.7 Å². The summed E-state index contributed by atoms with van der Waals surface area (Å²) < 4.78 is 26.5. The zero-order valence-corrected chi connectivity index (χ0v) is 26.0. The molecule has 1 unspecified atom stereocenters. The predicted molar refractivity (Wildman–Crippen MR) is 167 cm³/mol. The molecule has 0 aliphatic carbocycles. The van der Waals surface area contributed by atoms with E-state index in [2.05, 4.69) is 5.32 Å². The van der Waals surface area contributed by atoms with Gasteiger partial charge in [-0.25, -0.2) is 8.42 Å². The molecular weight excluding hydrogens is 581 g/mol. The number of amides is 2. The van der Waals surface area contributed by atoms with E-state index in [1.165, 1.54) is 4.31 Å². The Labute approximate surface area is 253 Å². The van der Waals surface area contributed by atoms with Crippen LogP contribution in [0.1, 0.15) is 42.9 Å². The molecule has 0 spiro atoms.